The van der Waals surface area contributed by atoms with E-state index in [2.05, 4.69) is 36.8 Å². The molecule has 3 aromatic rings. The summed E-state index contributed by atoms with van der Waals surface area (Å²) in [6, 6.07) is 9.83. The minimum absolute atomic E-state index is 0.228. The molecule has 2 aliphatic heterocycles. The van der Waals surface area contributed by atoms with Crippen LogP contribution in [0.25, 0.3) is 11.5 Å². The molecule has 2 aromatic heterocycles. The summed E-state index contributed by atoms with van der Waals surface area (Å²) < 4.78 is 14.0. The molecule has 0 aliphatic carbocycles. The molecular formula is C22H28N6O2S. The molecule has 0 amide bonds. The van der Waals surface area contributed by atoms with E-state index in [1.165, 1.54) is 12.8 Å². The lowest BCUT2D eigenvalue weighted by Gasteiger charge is -2.31. The van der Waals surface area contributed by atoms with Gasteiger partial charge in [0.1, 0.15) is 0 Å². The van der Waals surface area contributed by atoms with Crippen molar-refractivity contribution < 1.29 is 9.15 Å². The maximum atomic E-state index is 5.91. The van der Waals surface area contributed by atoms with Gasteiger partial charge in [0.25, 0.3) is 0 Å². The molecule has 4 heterocycles. The molecule has 164 valence electrons. The maximum absolute atomic E-state index is 5.91. The summed E-state index contributed by atoms with van der Waals surface area (Å²) in [5, 5.41) is 18.4. The molecule has 8 nitrogen and oxygen atoms in total. The first-order chi connectivity index (χ1) is 15.3. The zero-order chi connectivity index (χ0) is 21.0. The van der Waals surface area contributed by atoms with E-state index in [1.54, 1.807) is 11.8 Å². The van der Waals surface area contributed by atoms with Crippen LogP contribution in [0.2, 0.25) is 0 Å². The van der Waals surface area contributed by atoms with Crippen molar-refractivity contribution in [2.75, 3.05) is 24.6 Å². The van der Waals surface area contributed by atoms with Gasteiger partial charge in [0, 0.05) is 25.3 Å². The van der Waals surface area contributed by atoms with Crippen LogP contribution in [0.3, 0.4) is 0 Å². The van der Waals surface area contributed by atoms with Gasteiger partial charge in [-0.2, -0.15) is 0 Å². The second-order valence-corrected chi connectivity index (χ2v) is 9.30. The van der Waals surface area contributed by atoms with Crippen LogP contribution in [0, 0.1) is 5.92 Å². The molecule has 1 aromatic carbocycles. The van der Waals surface area contributed by atoms with Crippen LogP contribution < -0.4 is 4.90 Å². The third-order valence-electron chi connectivity index (χ3n) is 5.99. The van der Waals surface area contributed by atoms with Gasteiger partial charge >= 0.3 is 0 Å². The fourth-order valence-electron chi connectivity index (χ4n) is 4.12. The van der Waals surface area contributed by atoms with Crippen molar-refractivity contribution in [3.05, 3.63) is 36.2 Å². The molecule has 1 unspecified atom stereocenters. The topological polar surface area (TPSA) is 82.1 Å². The number of anilines is 1. The van der Waals surface area contributed by atoms with Gasteiger partial charge < -0.3 is 14.1 Å². The van der Waals surface area contributed by atoms with Gasteiger partial charge in [-0.15, -0.1) is 20.4 Å². The van der Waals surface area contributed by atoms with Crippen molar-refractivity contribution in [2.45, 2.75) is 56.2 Å². The van der Waals surface area contributed by atoms with E-state index >= 15 is 0 Å². The minimum Gasteiger partial charge on any atom is -0.420 e. The minimum atomic E-state index is 0.228. The van der Waals surface area contributed by atoms with Crippen LogP contribution in [0.5, 0.6) is 0 Å². The Morgan fingerprint density at radius 1 is 1.03 bits per heavy atom. The molecule has 1 atom stereocenters. The van der Waals surface area contributed by atoms with Gasteiger partial charge in [-0.25, -0.2) is 0 Å². The zero-order valence-electron chi connectivity index (χ0n) is 17.8. The Hall–Kier alpha value is -2.39. The molecular weight excluding hydrogens is 412 g/mol. The number of hydrogen-bond acceptors (Lipinski definition) is 8. The molecule has 31 heavy (non-hydrogen) atoms. The molecule has 2 aliphatic rings. The van der Waals surface area contributed by atoms with E-state index in [0.717, 1.165) is 61.7 Å². The fourth-order valence-corrected chi connectivity index (χ4v) is 4.90. The molecule has 0 bridgehead atoms. The number of piperidine rings is 1. The van der Waals surface area contributed by atoms with E-state index in [9.17, 15) is 0 Å². The number of nitrogens with zero attached hydrogens (tertiary/aromatic N) is 6. The van der Waals surface area contributed by atoms with Crippen molar-refractivity contribution in [3.63, 3.8) is 0 Å². The lowest BCUT2D eigenvalue weighted by atomic mass is 10.00. The van der Waals surface area contributed by atoms with Crippen molar-refractivity contribution >= 4 is 17.7 Å². The third kappa shape index (κ3) is 4.77. The van der Waals surface area contributed by atoms with E-state index in [1.807, 2.05) is 30.3 Å². The molecule has 0 spiro atoms. The van der Waals surface area contributed by atoms with Crippen LogP contribution >= 0.6 is 11.8 Å². The fraction of sp³-hybridized carbons (Fsp3) is 0.545. The molecule has 0 saturated carbocycles. The quantitative estimate of drug-likeness (QED) is 0.509. The average molecular weight is 441 g/mol. The Kier molecular flexibility index (Phi) is 6.22. The standard InChI is InChI=1S/C22H28N6O2S/c1-16-9-11-27(12-10-16)21-25-26-22(28(21)14-18-8-5-13-29-18)31-15-19-23-24-20(30-19)17-6-3-2-4-7-17/h2-4,6-7,16,18H,5,8-15H2,1H3. The predicted molar refractivity (Wildman–Crippen MR) is 119 cm³/mol. The summed E-state index contributed by atoms with van der Waals surface area (Å²) in [6.45, 7) is 6.01. The van der Waals surface area contributed by atoms with Crippen LogP contribution in [-0.2, 0) is 17.0 Å². The Morgan fingerprint density at radius 2 is 1.87 bits per heavy atom. The van der Waals surface area contributed by atoms with Gasteiger partial charge in [0.15, 0.2) is 5.16 Å². The molecule has 5 rings (SSSR count). The van der Waals surface area contributed by atoms with Crippen molar-refractivity contribution in [1.82, 2.24) is 25.0 Å². The van der Waals surface area contributed by atoms with Crippen molar-refractivity contribution in [2.24, 2.45) is 5.92 Å². The summed E-state index contributed by atoms with van der Waals surface area (Å²) in [6.07, 6.45) is 4.82. The highest BCUT2D eigenvalue weighted by molar-refractivity contribution is 7.98. The number of hydrogen-bond donors (Lipinski definition) is 0. The summed E-state index contributed by atoms with van der Waals surface area (Å²) in [4.78, 5) is 2.37. The smallest absolute Gasteiger partial charge is 0.247 e. The SMILES string of the molecule is CC1CCN(c2nnc(SCc3nnc(-c4ccccc4)o3)n2CC2CCCO2)CC1. The van der Waals surface area contributed by atoms with E-state index in [4.69, 9.17) is 9.15 Å². The number of thioether (sulfide) groups is 1. The third-order valence-corrected chi connectivity index (χ3v) is 6.94. The van der Waals surface area contributed by atoms with E-state index in [-0.39, 0.29) is 6.10 Å². The number of ether oxygens (including phenoxy) is 1. The lowest BCUT2D eigenvalue weighted by molar-refractivity contribution is 0.0951. The van der Waals surface area contributed by atoms with Crippen molar-refractivity contribution in [3.8, 4) is 11.5 Å². The molecule has 0 radical (unpaired) electrons. The summed E-state index contributed by atoms with van der Waals surface area (Å²) >= 11 is 1.59. The van der Waals surface area contributed by atoms with Crippen LogP contribution in [0.1, 0.15) is 38.5 Å². The maximum Gasteiger partial charge on any atom is 0.247 e. The first-order valence-electron chi connectivity index (χ1n) is 11.1. The second kappa shape index (κ2) is 9.40. The van der Waals surface area contributed by atoms with Gasteiger partial charge in [-0.05, 0) is 43.7 Å². The highest BCUT2D eigenvalue weighted by Crippen LogP contribution is 2.30. The number of benzene rings is 1. The van der Waals surface area contributed by atoms with Crippen LogP contribution in [-0.4, -0.2) is 50.8 Å². The Bertz CT molecular complexity index is 977. The number of aromatic nitrogens is 5. The van der Waals surface area contributed by atoms with Gasteiger partial charge in [0.05, 0.1) is 18.4 Å². The highest BCUT2D eigenvalue weighted by Gasteiger charge is 2.26. The average Bonchev–Trinajstić information content (AvgIpc) is 3.56. The monoisotopic (exact) mass is 440 g/mol. The van der Waals surface area contributed by atoms with Crippen molar-refractivity contribution in [1.29, 1.82) is 0 Å². The second-order valence-electron chi connectivity index (χ2n) is 8.35. The Morgan fingerprint density at radius 3 is 2.65 bits per heavy atom. The van der Waals surface area contributed by atoms with Gasteiger partial charge in [0.2, 0.25) is 17.7 Å². The first kappa shape index (κ1) is 20.5. The summed E-state index contributed by atoms with van der Waals surface area (Å²) in [7, 11) is 0. The first-order valence-corrected chi connectivity index (χ1v) is 12.0. The van der Waals surface area contributed by atoms with Gasteiger partial charge in [-0.1, -0.05) is 36.9 Å². The Balaban J connectivity index is 1.31. The highest BCUT2D eigenvalue weighted by atomic mass is 32.2. The largest absolute Gasteiger partial charge is 0.420 e. The van der Waals surface area contributed by atoms with Crippen LogP contribution in [0.15, 0.2) is 39.9 Å². The Labute approximate surface area is 186 Å². The normalized spacial score (nSPS) is 19.9. The molecule has 2 saturated heterocycles. The lowest BCUT2D eigenvalue weighted by Crippen LogP contribution is -2.35. The zero-order valence-corrected chi connectivity index (χ0v) is 18.6. The van der Waals surface area contributed by atoms with Crippen LogP contribution in [0.4, 0.5) is 5.95 Å². The summed E-state index contributed by atoms with van der Waals surface area (Å²) in [5.41, 5.74) is 0.925. The number of rotatable bonds is 7. The van der Waals surface area contributed by atoms with E-state index < -0.39 is 0 Å². The van der Waals surface area contributed by atoms with E-state index in [0.29, 0.717) is 17.5 Å². The molecule has 0 N–H and O–H groups in total. The summed E-state index contributed by atoms with van der Waals surface area (Å²) in [5.74, 6) is 3.42. The molecule has 2 fully saturated rings. The molecule has 9 heteroatoms. The predicted octanol–water partition coefficient (Wildman–Crippen LogP) is 4.04. The van der Waals surface area contributed by atoms with Gasteiger partial charge in [-0.3, -0.25) is 4.57 Å².